The highest BCUT2D eigenvalue weighted by Crippen LogP contribution is 2.39. The Morgan fingerprint density at radius 2 is 1.78 bits per heavy atom. The van der Waals surface area contributed by atoms with Crippen molar-refractivity contribution >= 4 is 17.7 Å². The molecule has 0 saturated heterocycles. The fourth-order valence-corrected chi connectivity index (χ4v) is 7.14. The van der Waals surface area contributed by atoms with E-state index in [-0.39, 0.29) is 17.9 Å². The molecular weight excluding hydrogens is 630 g/mol. The van der Waals surface area contributed by atoms with Crippen molar-refractivity contribution in [3.63, 3.8) is 0 Å². The summed E-state index contributed by atoms with van der Waals surface area (Å²) in [6, 6.07) is 14.8. The number of nitrogens with one attached hydrogen (secondary N) is 1. The van der Waals surface area contributed by atoms with Crippen molar-refractivity contribution in [2.75, 3.05) is 31.7 Å². The highest BCUT2D eigenvalue weighted by Gasteiger charge is 2.34. The summed E-state index contributed by atoms with van der Waals surface area (Å²) in [7, 11) is 1.70. The number of carbonyl (C=O) groups excluding carboxylic acids is 2. The number of halogens is 2. The van der Waals surface area contributed by atoms with Gasteiger partial charge in [0.1, 0.15) is 18.5 Å². The minimum absolute atomic E-state index is 0.0633. The minimum atomic E-state index is -3.41. The van der Waals surface area contributed by atoms with E-state index in [4.69, 9.17) is 14.6 Å². The van der Waals surface area contributed by atoms with Gasteiger partial charge in [0.05, 0.1) is 19.9 Å². The van der Waals surface area contributed by atoms with Crippen molar-refractivity contribution in [3.05, 3.63) is 66.0 Å². The second-order valence-corrected chi connectivity index (χ2v) is 14.0. The van der Waals surface area contributed by atoms with E-state index in [1.165, 1.54) is 5.56 Å². The number of aryl methyl sites for hydroxylation is 1. The summed E-state index contributed by atoms with van der Waals surface area (Å²) >= 11 is 0. The average molecular weight is 681 g/mol. The number of aromatic nitrogens is 2. The first kappa shape index (κ1) is 36.3. The molecule has 49 heavy (non-hydrogen) atoms. The van der Waals surface area contributed by atoms with E-state index < -0.39 is 31.3 Å². The number of carbonyl (C=O) groups is 2. The normalized spacial score (nSPS) is 21.3. The van der Waals surface area contributed by atoms with Crippen molar-refractivity contribution in [1.29, 1.82) is 0 Å². The number of hydrogen-bond donors (Lipinski definition) is 2. The summed E-state index contributed by atoms with van der Waals surface area (Å²) in [6.07, 6.45) is 8.63. The summed E-state index contributed by atoms with van der Waals surface area (Å²) in [5, 5.41) is 15.3. The molecule has 0 bridgehead atoms. The zero-order valence-electron chi connectivity index (χ0n) is 29.0. The number of hydrogen-bond acceptors (Lipinski definition) is 6. The van der Waals surface area contributed by atoms with Crippen molar-refractivity contribution in [2.24, 2.45) is 11.8 Å². The third-order valence-electron chi connectivity index (χ3n) is 10.1. The molecule has 2 aromatic carbocycles. The summed E-state index contributed by atoms with van der Waals surface area (Å²) < 4.78 is 39.4. The van der Waals surface area contributed by atoms with Gasteiger partial charge in [0, 0.05) is 36.0 Å². The zero-order chi connectivity index (χ0) is 35.1. The van der Waals surface area contributed by atoms with Crippen LogP contribution in [0.2, 0.25) is 0 Å². The summed E-state index contributed by atoms with van der Waals surface area (Å²) in [5.41, 5.74) is 5.33. The van der Waals surface area contributed by atoms with E-state index in [9.17, 15) is 18.4 Å². The van der Waals surface area contributed by atoms with Gasteiger partial charge in [-0.15, -0.1) is 0 Å². The van der Waals surface area contributed by atoms with Crippen LogP contribution in [-0.2, 0) is 9.53 Å². The molecule has 1 aromatic heterocycles. The summed E-state index contributed by atoms with van der Waals surface area (Å²) in [6.45, 7) is 4.52. The van der Waals surface area contributed by atoms with Crippen molar-refractivity contribution in [2.45, 2.75) is 96.1 Å². The van der Waals surface area contributed by atoms with Crippen LogP contribution in [0, 0.1) is 18.8 Å². The number of aliphatic hydroxyl groups is 1. The monoisotopic (exact) mass is 680 g/mol. The molecule has 2 amide bonds. The Morgan fingerprint density at radius 1 is 1.04 bits per heavy atom. The van der Waals surface area contributed by atoms with Gasteiger partial charge in [-0.1, -0.05) is 24.3 Å². The number of nitrogens with zero attached hydrogens (tertiary/aromatic N) is 3. The molecule has 0 spiro atoms. The first-order valence-electron chi connectivity index (χ1n) is 17.5. The van der Waals surface area contributed by atoms with E-state index >= 15 is 0 Å². The topological polar surface area (TPSA) is 106 Å². The standard InChI is InChI=1S/C38H50F2N4O5/c1-25(2)44-22-32(20-42-44)30-6-5-7-33(19-30)43(21-27-8-10-28(11-9-27)31-14-17-35(48-4)26(3)18-31)36(46)29-12-15-34(16-13-29)49-37(47)41-23-38(39,40)24-45/h5-7,14,17-20,22,25,27-29,34,45H,8-13,15-16,21,23-24H2,1-4H3,(H,41,47). The van der Waals surface area contributed by atoms with Gasteiger partial charge in [-0.25, -0.2) is 13.6 Å². The Hall–Kier alpha value is -3.99. The molecule has 2 fully saturated rings. The third kappa shape index (κ3) is 9.38. The predicted molar refractivity (Wildman–Crippen MR) is 185 cm³/mol. The fraction of sp³-hybridized carbons (Fsp3) is 0.553. The lowest BCUT2D eigenvalue weighted by Gasteiger charge is -2.36. The molecule has 2 saturated carbocycles. The Morgan fingerprint density at radius 3 is 2.41 bits per heavy atom. The van der Waals surface area contributed by atoms with E-state index in [0.717, 1.165) is 53.8 Å². The maximum absolute atomic E-state index is 14.3. The lowest BCUT2D eigenvalue weighted by atomic mass is 9.78. The van der Waals surface area contributed by atoms with Crippen molar-refractivity contribution < 1.29 is 33.0 Å². The van der Waals surface area contributed by atoms with Gasteiger partial charge in [0.2, 0.25) is 5.91 Å². The van der Waals surface area contributed by atoms with Gasteiger partial charge < -0.3 is 24.8 Å². The summed E-state index contributed by atoms with van der Waals surface area (Å²) in [4.78, 5) is 28.4. The van der Waals surface area contributed by atoms with Crippen LogP contribution in [-0.4, -0.2) is 65.7 Å². The van der Waals surface area contributed by atoms with Crippen LogP contribution >= 0.6 is 0 Å². The van der Waals surface area contributed by atoms with Gasteiger partial charge >= 0.3 is 6.09 Å². The second-order valence-electron chi connectivity index (χ2n) is 14.0. The van der Waals surface area contributed by atoms with Gasteiger partial charge in [-0.05, 0) is 119 Å². The Labute approximate surface area is 288 Å². The Bertz CT molecular complexity index is 1560. The van der Waals surface area contributed by atoms with Crippen LogP contribution in [0.1, 0.15) is 88.3 Å². The van der Waals surface area contributed by atoms with Crippen LogP contribution in [0.3, 0.4) is 0 Å². The number of alkyl halides is 2. The number of aliphatic hydroxyl groups excluding tert-OH is 1. The molecule has 2 N–H and O–H groups in total. The van der Waals surface area contributed by atoms with E-state index in [0.29, 0.717) is 44.1 Å². The Balaban J connectivity index is 1.27. The molecule has 3 aromatic rings. The lowest BCUT2D eigenvalue weighted by Crippen LogP contribution is -2.43. The first-order chi connectivity index (χ1) is 23.5. The molecule has 0 aliphatic heterocycles. The highest BCUT2D eigenvalue weighted by molar-refractivity contribution is 5.95. The van der Waals surface area contributed by atoms with Crippen LogP contribution in [0.15, 0.2) is 54.9 Å². The molecule has 11 heteroatoms. The average Bonchev–Trinajstić information content (AvgIpc) is 3.61. The van der Waals surface area contributed by atoms with Crippen molar-refractivity contribution in [1.82, 2.24) is 15.1 Å². The number of methoxy groups -OCH3 is 1. The largest absolute Gasteiger partial charge is 0.496 e. The van der Waals surface area contributed by atoms with E-state index in [1.54, 1.807) is 7.11 Å². The summed E-state index contributed by atoms with van der Waals surface area (Å²) in [5.74, 6) is -1.86. The molecule has 266 valence electrons. The third-order valence-corrected chi connectivity index (χ3v) is 10.1. The van der Waals surface area contributed by atoms with Gasteiger partial charge in [0.15, 0.2) is 0 Å². The number of rotatable bonds is 12. The van der Waals surface area contributed by atoms with Crippen LogP contribution in [0.5, 0.6) is 5.75 Å². The van der Waals surface area contributed by atoms with Gasteiger partial charge in [-0.3, -0.25) is 9.48 Å². The predicted octanol–water partition coefficient (Wildman–Crippen LogP) is 7.67. The van der Waals surface area contributed by atoms with Crippen LogP contribution in [0.25, 0.3) is 11.1 Å². The number of amides is 2. The van der Waals surface area contributed by atoms with Gasteiger partial charge in [-0.2, -0.15) is 5.10 Å². The van der Waals surface area contributed by atoms with Crippen LogP contribution in [0.4, 0.5) is 19.3 Å². The molecule has 2 aliphatic rings. The first-order valence-corrected chi connectivity index (χ1v) is 17.5. The lowest BCUT2D eigenvalue weighted by molar-refractivity contribution is -0.124. The molecule has 5 rings (SSSR count). The molecule has 1 heterocycles. The second kappa shape index (κ2) is 16.1. The van der Waals surface area contributed by atoms with Crippen LogP contribution < -0.4 is 15.0 Å². The molecular formula is C38H50F2N4O5. The Kier molecular flexibility index (Phi) is 12.0. The van der Waals surface area contributed by atoms with E-state index in [1.807, 2.05) is 45.5 Å². The molecule has 2 aliphatic carbocycles. The van der Waals surface area contributed by atoms with E-state index in [2.05, 4.69) is 50.1 Å². The molecule has 0 atom stereocenters. The number of anilines is 1. The minimum Gasteiger partial charge on any atom is -0.496 e. The van der Waals surface area contributed by atoms with Gasteiger partial charge in [0.25, 0.3) is 5.92 Å². The molecule has 0 radical (unpaired) electrons. The maximum Gasteiger partial charge on any atom is 0.407 e. The quantitative estimate of drug-likeness (QED) is 0.204. The molecule has 0 unspecified atom stereocenters. The highest BCUT2D eigenvalue weighted by atomic mass is 19.3. The maximum atomic E-state index is 14.3. The number of alkyl carbamates (subject to hydrolysis) is 1. The van der Waals surface area contributed by atoms with Crippen molar-refractivity contribution in [3.8, 4) is 16.9 Å². The zero-order valence-corrected chi connectivity index (χ0v) is 29.0. The number of benzene rings is 2. The fourth-order valence-electron chi connectivity index (χ4n) is 7.14. The number of ether oxygens (including phenoxy) is 2. The SMILES string of the molecule is COc1ccc(C2CCC(CN(C(=O)C3CCC(OC(=O)NCC(F)(F)CO)CC3)c3cccc(-c4cnn(C(C)C)c4)c3)CC2)cc1C. The molecule has 9 nitrogen and oxygen atoms in total. The smallest absolute Gasteiger partial charge is 0.407 e.